The van der Waals surface area contributed by atoms with Gasteiger partial charge in [-0.1, -0.05) is 6.92 Å². The lowest BCUT2D eigenvalue weighted by molar-refractivity contribution is 0.605. The summed E-state index contributed by atoms with van der Waals surface area (Å²) in [5.74, 6) is 0.0774. The maximum absolute atomic E-state index is 8.57. The van der Waals surface area contributed by atoms with Crippen LogP contribution < -0.4 is 5.32 Å². The van der Waals surface area contributed by atoms with Gasteiger partial charge in [0.25, 0.3) is 0 Å². The normalized spacial score (nSPS) is 12.4. The zero-order valence-electron chi connectivity index (χ0n) is 8.58. The molecule has 0 radical (unpaired) electrons. The predicted molar refractivity (Wildman–Crippen MR) is 58.0 cm³/mol. The van der Waals surface area contributed by atoms with Crippen molar-refractivity contribution in [3.8, 4) is 6.07 Å². The zero-order valence-corrected chi connectivity index (χ0v) is 9.40. The van der Waals surface area contributed by atoms with Crippen molar-refractivity contribution in [1.29, 1.82) is 5.26 Å². The molecule has 0 aromatic carbocycles. The highest BCUT2D eigenvalue weighted by atomic mass is 32.1. The summed E-state index contributed by atoms with van der Waals surface area (Å²) in [4.78, 5) is 5.51. The first-order valence-electron chi connectivity index (χ1n) is 4.80. The summed E-state index contributed by atoms with van der Waals surface area (Å²) < 4.78 is 0. The lowest BCUT2D eigenvalue weighted by atomic mass is 10.2. The third kappa shape index (κ3) is 3.44. The van der Waals surface area contributed by atoms with Crippen molar-refractivity contribution in [2.24, 2.45) is 5.92 Å². The third-order valence-electron chi connectivity index (χ3n) is 1.87. The number of rotatable bonds is 5. The maximum atomic E-state index is 8.57. The van der Waals surface area contributed by atoms with E-state index in [1.165, 1.54) is 9.88 Å². The Balaban J connectivity index is 2.28. The molecule has 14 heavy (non-hydrogen) atoms. The Morgan fingerprint density at radius 2 is 2.50 bits per heavy atom. The van der Waals surface area contributed by atoms with E-state index in [4.69, 9.17) is 5.26 Å². The number of aromatic nitrogens is 1. The van der Waals surface area contributed by atoms with Gasteiger partial charge in [0.1, 0.15) is 0 Å². The number of nitrogens with zero attached hydrogens (tertiary/aromatic N) is 2. The Bertz CT molecular complexity index is 313. The molecule has 0 fully saturated rings. The fourth-order valence-corrected chi connectivity index (χ4v) is 1.88. The van der Waals surface area contributed by atoms with E-state index in [0.29, 0.717) is 0 Å². The highest BCUT2D eigenvalue weighted by molar-refractivity contribution is 7.11. The molecule has 0 spiro atoms. The smallest absolute Gasteiger partial charge is 0.0925 e. The molecule has 0 aliphatic carbocycles. The molecule has 76 valence electrons. The van der Waals surface area contributed by atoms with Gasteiger partial charge in [-0.15, -0.1) is 11.3 Å². The summed E-state index contributed by atoms with van der Waals surface area (Å²) in [5.41, 5.74) is 0. The fourth-order valence-electron chi connectivity index (χ4n) is 1.05. The molecule has 0 aliphatic rings. The highest BCUT2D eigenvalue weighted by Crippen LogP contribution is 2.12. The van der Waals surface area contributed by atoms with Gasteiger partial charge in [-0.2, -0.15) is 5.26 Å². The third-order valence-corrected chi connectivity index (χ3v) is 3.02. The van der Waals surface area contributed by atoms with Gasteiger partial charge in [0, 0.05) is 24.2 Å². The van der Waals surface area contributed by atoms with Crippen LogP contribution in [0.3, 0.4) is 0 Å². The minimum Gasteiger partial charge on any atom is -0.311 e. The van der Waals surface area contributed by atoms with Crippen LogP contribution in [0, 0.1) is 17.2 Å². The van der Waals surface area contributed by atoms with Crippen molar-refractivity contribution in [3.63, 3.8) is 0 Å². The van der Waals surface area contributed by atoms with Gasteiger partial charge in [-0.05, 0) is 13.3 Å². The SMILES string of the molecule is CCc1ncc(CNCC(C)C#N)s1. The number of nitrogens with one attached hydrogen (secondary N) is 1. The van der Waals surface area contributed by atoms with E-state index >= 15 is 0 Å². The number of hydrogen-bond donors (Lipinski definition) is 1. The summed E-state index contributed by atoms with van der Waals surface area (Å²) in [6, 6.07) is 2.19. The lowest BCUT2D eigenvalue weighted by Crippen LogP contribution is -2.19. The minimum atomic E-state index is 0.0774. The monoisotopic (exact) mass is 209 g/mol. The molecule has 0 saturated carbocycles. The number of nitriles is 1. The second-order valence-corrected chi connectivity index (χ2v) is 4.43. The highest BCUT2D eigenvalue weighted by Gasteiger charge is 2.01. The first-order chi connectivity index (χ1) is 6.76. The second kappa shape index (κ2) is 5.74. The van der Waals surface area contributed by atoms with Crippen molar-refractivity contribution in [1.82, 2.24) is 10.3 Å². The molecule has 4 heteroatoms. The molecule has 1 aromatic heterocycles. The van der Waals surface area contributed by atoms with Crippen LogP contribution in [0.1, 0.15) is 23.7 Å². The summed E-state index contributed by atoms with van der Waals surface area (Å²) in [6.07, 6.45) is 2.91. The van der Waals surface area contributed by atoms with Crippen LogP contribution in [-0.2, 0) is 13.0 Å². The number of aryl methyl sites for hydroxylation is 1. The van der Waals surface area contributed by atoms with E-state index < -0.39 is 0 Å². The Morgan fingerprint density at radius 1 is 1.71 bits per heavy atom. The molecule has 1 atom stereocenters. The molecule has 3 nitrogen and oxygen atoms in total. The molecule has 0 amide bonds. The summed E-state index contributed by atoms with van der Waals surface area (Å²) in [6.45, 7) is 5.59. The molecule has 1 heterocycles. The van der Waals surface area contributed by atoms with E-state index in [-0.39, 0.29) is 5.92 Å². The van der Waals surface area contributed by atoms with Crippen LogP contribution >= 0.6 is 11.3 Å². The van der Waals surface area contributed by atoms with Crippen LogP contribution in [-0.4, -0.2) is 11.5 Å². The van der Waals surface area contributed by atoms with Crippen LogP contribution in [0.2, 0.25) is 0 Å². The Kier molecular flexibility index (Phi) is 4.57. The second-order valence-electron chi connectivity index (χ2n) is 3.23. The molecule has 1 rings (SSSR count). The van der Waals surface area contributed by atoms with Gasteiger partial charge in [-0.25, -0.2) is 4.98 Å². The summed E-state index contributed by atoms with van der Waals surface area (Å²) in [5, 5.41) is 13.0. The van der Waals surface area contributed by atoms with Crippen molar-refractivity contribution in [3.05, 3.63) is 16.1 Å². The van der Waals surface area contributed by atoms with Crippen molar-refractivity contribution < 1.29 is 0 Å². The first-order valence-corrected chi connectivity index (χ1v) is 5.61. The summed E-state index contributed by atoms with van der Waals surface area (Å²) in [7, 11) is 0. The summed E-state index contributed by atoms with van der Waals surface area (Å²) >= 11 is 1.74. The zero-order chi connectivity index (χ0) is 10.4. The van der Waals surface area contributed by atoms with E-state index in [1.54, 1.807) is 11.3 Å². The molecule has 0 saturated heterocycles. The molecule has 0 bridgehead atoms. The average Bonchev–Trinajstić information content (AvgIpc) is 2.65. The van der Waals surface area contributed by atoms with Crippen LogP contribution in [0.5, 0.6) is 0 Å². The van der Waals surface area contributed by atoms with E-state index in [1.807, 2.05) is 13.1 Å². The van der Waals surface area contributed by atoms with Gasteiger partial charge in [-0.3, -0.25) is 0 Å². The standard InChI is InChI=1S/C10H15N3S/c1-3-10-13-7-9(14-10)6-12-5-8(2)4-11/h7-8,12H,3,5-6H2,1-2H3. The van der Waals surface area contributed by atoms with Crippen molar-refractivity contribution in [2.75, 3.05) is 6.54 Å². The quantitative estimate of drug-likeness (QED) is 0.806. The van der Waals surface area contributed by atoms with E-state index in [0.717, 1.165) is 19.5 Å². The van der Waals surface area contributed by atoms with E-state index in [9.17, 15) is 0 Å². The Labute approximate surface area is 88.8 Å². The van der Waals surface area contributed by atoms with Crippen LogP contribution in [0.25, 0.3) is 0 Å². The molecule has 1 N–H and O–H groups in total. The fraction of sp³-hybridized carbons (Fsp3) is 0.600. The maximum Gasteiger partial charge on any atom is 0.0925 e. The van der Waals surface area contributed by atoms with Gasteiger partial charge in [0.05, 0.1) is 17.0 Å². The molecular weight excluding hydrogens is 194 g/mol. The van der Waals surface area contributed by atoms with Gasteiger partial charge < -0.3 is 5.32 Å². The predicted octanol–water partition coefficient (Wildman–Crippen LogP) is 1.95. The Hall–Kier alpha value is -0.920. The van der Waals surface area contributed by atoms with Gasteiger partial charge >= 0.3 is 0 Å². The first kappa shape index (κ1) is 11.2. The average molecular weight is 209 g/mol. The Morgan fingerprint density at radius 3 is 3.07 bits per heavy atom. The molecule has 1 unspecified atom stereocenters. The van der Waals surface area contributed by atoms with E-state index in [2.05, 4.69) is 23.3 Å². The molecule has 0 aliphatic heterocycles. The lowest BCUT2D eigenvalue weighted by Gasteiger charge is -2.02. The van der Waals surface area contributed by atoms with Crippen molar-refractivity contribution in [2.45, 2.75) is 26.8 Å². The largest absolute Gasteiger partial charge is 0.311 e. The van der Waals surface area contributed by atoms with Crippen LogP contribution in [0.4, 0.5) is 0 Å². The number of thiazole rings is 1. The van der Waals surface area contributed by atoms with Gasteiger partial charge in [0.2, 0.25) is 0 Å². The van der Waals surface area contributed by atoms with Crippen molar-refractivity contribution >= 4 is 11.3 Å². The molecule has 1 aromatic rings. The topological polar surface area (TPSA) is 48.7 Å². The number of hydrogen-bond acceptors (Lipinski definition) is 4. The van der Waals surface area contributed by atoms with Gasteiger partial charge in [0.15, 0.2) is 0 Å². The molecular formula is C10H15N3S. The minimum absolute atomic E-state index is 0.0774. The van der Waals surface area contributed by atoms with Crippen LogP contribution in [0.15, 0.2) is 6.20 Å².